The van der Waals surface area contributed by atoms with Crippen LogP contribution >= 0.6 is 31.9 Å². The molecule has 1 N–H and O–H groups in total. The summed E-state index contributed by atoms with van der Waals surface area (Å²) < 4.78 is 28.7. The Morgan fingerprint density at radius 3 is 2.62 bits per heavy atom. The summed E-state index contributed by atoms with van der Waals surface area (Å²) in [6.07, 6.45) is 3.50. The monoisotopic (exact) mass is 439 g/mol. The largest absolute Gasteiger partial charge is 0.395 e. The van der Waals surface area contributed by atoms with Crippen LogP contribution in [-0.4, -0.2) is 37.0 Å². The van der Waals surface area contributed by atoms with Crippen molar-refractivity contribution >= 4 is 41.9 Å². The first-order valence-electron chi connectivity index (χ1n) is 6.96. The van der Waals surface area contributed by atoms with Crippen molar-refractivity contribution < 1.29 is 13.5 Å². The van der Waals surface area contributed by atoms with Crippen LogP contribution in [-0.2, 0) is 10.0 Å². The van der Waals surface area contributed by atoms with E-state index in [1.807, 2.05) is 6.92 Å². The Morgan fingerprint density at radius 2 is 1.95 bits per heavy atom. The molecule has 118 valence electrons. The van der Waals surface area contributed by atoms with E-state index in [2.05, 4.69) is 31.9 Å². The van der Waals surface area contributed by atoms with Crippen LogP contribution in [0.3, 0.4) is 0 Å². The maximum absolute atomic E-state index is 13.0. The van der Waals surface area contributed by atoms with Crippen molar-refractivity contribution in [3.63, 3.8) is 0 Å². The van der Waals surface area contributed by atoms with E-state index in [1.165, 1.54) is 4.31 Å². The Labute approximate surface area is 142 Å². The van der Waals surface area contributed by atoms with Gasteiger partial charge in [-0.2, -0.15) is 4.31 Å². The molecule has 0 radical (unpaired) electrons. The lowest BCUT2D eigenvalue weighted by atomic mass is 10.1. The highest BCUT2D eigenvalue weighted by Crippen LogP contribution is 2.33. The summed E-state index contributed by atoms with van der Waals surface area (Å²) in [5, 5.41) is 9.54. The number of hydrogen-bond acceptors (Lipinski definition) is 3. The molecule has 1 fully saturated rings. The smallest absolute Gasteiger partial charge is 0.244 e. The van der Waals surface area contributed by atoms with Crippen LogP contribution in [0.1, 0.15) is 31.2 Å². The molecule has 4 nitrogen and oxygen atoms in total. The van der Waals surface area contributed by atoms with E-state index >= 15 is 0 Å². The topological polar surface area (TPSA) is 57.6 Å². The molecule has 1 atom stereocenters. The number of aliphatic hydroxyl groups excluding tert-OH is 1. The molecule has 0 saturated carbocycles. The van der Waals surface area contributed by atoms with Crippen molar-refractivity contribution in [1.29, 1.82) is 0 Å². The normalized spacial score (nSPS) is 21.2. The number of hydrogen-bond donors (Lipinski definition) is 1. The molecule has 1 saturated heterocycles. The van der Waals surface area contributed by atoms with Crippen molar-refractivity contribution in [2.75, 3.05) is 13.2 Å². The zero-order chi connectivity index (χ0) is 15.6. The number of benzene rings is 1. The second-order valence-electron chi connectivity index (χ2n) is 5.33. The number of nitrogens with zero attached hydrogens (tertiary/aromatic N) is 1. The second-order valence-corrected chi connectivity index (χ2v) is 8.90. The summed E-state index contributed by atoms with van der Waals surface area (Å²) in [4.78, 5) is 0.250. The van der Waals surface area contributed by atoms with E-state index in [0.29, 0.717) is 17.4 Å². The van der Waals surface area contributed by atoms with E-state index in [0.717, 1.165) is 29.3 Å². The van der Waals surface area contributed by atoms with Gasteiger partial charge in [0, 0.05) is 21.5 Å². The molecular formula is C14H19Br2NO3S. The first-order valence-corrected chi connectivity index (χ1v) is 9.99. The Bertz CT molecular complexity index is 619. The summed E-state index contributed by atoms with van der Waals surface area (Å²) >= 11 is 6.75. The molecule has 0 amide bonds. The molecule has 1 aliphatic rings. The fraction of sp³-hybridized carbons (Fsp3) is 0.571. The van der Waals surface area contributed by atoms with Gasteiger partial charge in [0.1, 0.15) is 0 Å². The third-order valence-electron chi connectivity index (χ3n) is 3.83. The Balaban J connectivity index is 2.47. The standard InChI is InChI=1S/C14H19Br2NO3S/c1-10-7-13(16)14(8-12(10)15)21(19,20)17-6-4-2-3-5-11(17)9-18/h7-8,11,18H,2-6,9H2,1H3. The van der Waals surface area contributed by atoms with Crippen LogP contribution in [0, 0.1) is 6.92 Å². The predicted molar refractivity (Wildman–Crippen MR) is 89.8 cm³/mol. The van der Waals surface area contributed by atoms with Gasteiger partial charge in [-0.05, 0) is 53.4 Å². The number of aliphatic hydroxyl groups is 1. The predicted octanol–water partition coefficient (Wildman–Crippen LogP) is 3.45. The Kier molecular flexibility index (Phi) is 5.87. The highest BCUT2D eigenvalue weighted by atomic mass is 79.9. The molecule has 0 aliphatic carbocycles. The number of sulfonamides is 1. The first kappa shape index (κ1) is 17.4. The first-order chi connectivity index (χ1) is 9.87. The molecule has 0 spiro atoms. The molecule has 1 aliphatic heterocycles. The molecule has 7 heteroatoms. The van der Waals surface area contributed by atoms with Gasteiger partial charge in [0.2, 0.25) is 10.0 Å². The average Bonchev–Trinajstić information content (AvgIpc) is 2.68. The Morgan fingerprint density at radius 1 is 1.24 bits per heavy atom. The van der Waals surface area contributed by atoms with Crippen molar-refractivity contribution in [2.24, 2.45) is 0 Å². The van der Waals surface area contributed by atoms with Crippen LogP contribution in [0.4, 0.5) is 0 Å². The summed E-state index contributed by atoms with van der Waals surface area (Å²) in [6, 6.07) is 3.10. The highest BCUT2D eigenvalue weighted by molar-refractivity contribution is 9.11. The van der Waals surface area contributed by atoms with Gasteiger partial charge >= 0.3 is 0 Å². The van der Waals surface area contributed by atoms with E-state index in [4.69, 9.17) is 0 Å². The van der Waals surface area contributed by atoms with Crippen molar-refractivity contribution in [2.45, 2.75) is 43.5 Å². The lowest BCUT2D eigenvalue weighted by molar-refractivity contribution is 0.186. The second kappa shape index (κ2) is 7.08. The number of halogens is 2. The average molecular weight is 441 g/mol. The molecule has 2 rings (SSSR count). The van der Waals surface area contributed by atoms with E-state index < -0.39 is 10.0 Å². The molecule has 1 unspecified atom stereocenters. The van der Waals surface area contributed by atoms with Gasteiger partial charge in [0.15, 0.2) is 0 Å². The van der Waals surface area contributed by atoms with Crippen molar-refractivity contribution in [1.82, 2.24) is 4.31 Å². The summed E-state index contributed by atoms with van der Waals surface area (Å²) in [5.41, 5.74) is 0.968. The van der Waals surface area contributed by atoms with Gasteiger partial charge in [0.05, 0.1) is 11.5 Å². The zero-order valence-electron chi connectivity index (χ0n) is 11.8. The molecule has 1 aromatic rings. The van der Waals surface area contributed by atoms with Gasteiger partial charge in [-0.25, -0.2) is 8.42 Å². The van der Waals surface area contributed by atoms with Gasteiger partial charge in [-0.1, -0.05) is 28.8 Å². The van der Waals surface area contributed by atoms with Crippen LogP contribution in [0.2, 0.25) is 0 Å². The molecule has 21 heavy (non-hydrogen) atoms. The lowest BCUT2D eigenvalue weighted by Gasteiger charge is -2.28. The van der Waals surface area contributed by atoms with E-state index in [1.54, 1.807) is 12.1 Å². The van der Waals surface area contributed by atoms with Crippen LogP contribution in [0.15, 0.2) is 26.0 Å². The molecule has 0 bridgehead atoms. The third-order valence-corrected chi connectivity index (χ3v) is 7.60. The van der Waals surface area contributed by atoms with E-state index in [-0.39, 0.29) is 17.5 Å². The summed E-state index contributed by atoms with van der Waals surface area (Å²) in [7, 11) is -3.62. The van der Waals surface area contributed by atoms with Gasteiger partial charge in [0.25, 0.3) is 0 Å². The number of rotatable bonds is 3. The van der Waals surface area contributed by atoms with Crippen LogP contribution in [0.25, 0.3) is 0 Å². The molecular weight excluding hydrogens is 422 g/mol. The summed E-state index contributed by atoms with van der Waals surface area (Å²) in [5.74, 6) is 0. The van der Waals surface area contributed by atoms with Crippen molar-refractivity contribution in [3.8, 4) is 0 Å². The third kappa shape index (κ3) is 3.69. The van der Waals surface area contributed by atoms with E-state index in [9.17, 15) is 13.5 Å². The maximum Gasteiger partial charge on any atom is 0.244 e. The highest BCUT2D eigenvalue weighted by Gasteiger charge is 2.33. The lowest BCUT2D eigenvalue weighted by Crippen LogP contribution is -2.42. The zero-order valence-corrected chi connectivity index (χ0v) is 15.8. The minimum atomic E-state index is -3.62. The fourth-order valence-electron chi connectivity index (χ4n) is 2.60. The summed E-state index contributed by atoms with van der Waals surface area (Å²) in [6.45, 7) is 2.24. The van der Waals surface area contributed by atoms with Crippen LogP contribution in [0.5, 0.6) is 0 Å². The van der Waals surface area contributed by atoms with Gasteiger partial charge < -0.3 is 5.11 Å². The SMILES string of the molecule is Cc1cc(Br)c(S(=O)(=O)N2CCCCCC2CO)cc1Br. The van der Waals surface area contributed by atoms with Crippen molar-refractivity contribution in [3.05, 3.63) is 26.6 Å². The Hall–Kier alpha value is 0.0500. The minimum absolute atomic E-state index is 0.135. The van der Waals surface area contributed by atoms with Gasteiger partial charge in [-0.15, -0.1) is 0 Å². The minimum Gasteiger partial charge on any atom is -0.395 e. The number of aryl methyl sites for hydroxylation is 1. The maximum atomic E-state index is 13.0. The molecule has 1 aromatic carbocycles. The van der Waals surface area contributed by atoms with Gasteiger partial charge in [-0.3, -0.25) is 0 Å². The fourth-order valence-corrected chi connectivity index (χ4v) is 5.93. The quantitative estimate of drug-likeness (QED) is 0.782. The molecule has 1 heterocycles. The van der Waals surface area contributed by atoms with Crippen LogP contribution < -0.4 is 0 Å². The molecule has 0 aromatic heterocycles.